The molecule has 11 heteroatoms. The average Bonchev–Trinajstić information content (AvgIpc) is 2.55. The van der Waals surface area contributed by atoms with Crippen molar-refractivity contribution in [2.75, 3.05) is 30.0 Å². The lowest BCUT2D eigenvalue weighted by Gasteiger charge is -2.27. The molecule has 0 radical (unpaired) electrons. The van der Waals surface area contributed by atoms with Gasteiger partial charge in [-0.15, -0.1) is 0 Å². The van der Waals surface area contributed by atoms with Crippen molar-refractivity contribution in [3.8, 4) is 5.75 Å². The summed E-state index contributed by atoms with van der Waals surface area (Å²) < 4.78 is 34.7. The highest BCUT2D eigenvalue weighted by Gasteiger charge is 2.24. The zero-order chi connectivity index (χ0) is 18.6. The summed E-state index contributed by atoms with van der Waals surface area (Å²) in [5.74, 6) is -2.80. The number of carbonyl (C=O) groups is 3. The lowest BCUT2D eigenvalue weighted by molar-refractivity contribution is -0.127. The summed E-state index contributed by atoms with van der Waals surface area (Å²) >= 11 is 0. The maximum atomic E-state index is 12.6. The monoisotopic (exact) mass is 358 g/mol. The number of carbonyl (C=O) groups excluding carboxylic acids is 3. The molecule has 0 unspecified atom stereocenters. The maximum absolute atomic E-state index is 12.6. The molecule has 0 saturated carbocycles. The molecule has 0 aromatic heterocycles. The van der Waals surface area contributed by atoms with Gasteiger partial charge in [0.05, 0.1) is 12.3 Å². The smallest absolute Gasteiger partial charge is 0.387 e. The molecule has 3 amide bonds. The van der Waals surface area contributed by atoms with Crippen molar-refractivity contribution in [1.29, 1.82) is 0 Å². The number of primary amides is 1. The third-order valence-corrected chi connectivity index (χ3v) is 3.33. The van der Waals surface area contributed by atoms with E-state index in [0.29, 0.717) is 12.3 Å². The van der Waals surface area contributed by atoms with E-state index < -0.39 is 30.2 Å². The lowest BCUT2D eigenvalue weighted by atomic mass is 10.2. The number of hydrogen-bond acceptors (Lipinski definition) is 6. The fraction of sp³-hybridized carbons (Fsp3) is 0.357. The summed E-state index contributed by atoms with van der Waals surface area (Å²) in [5.41, 5.74) is 10.3. The fourth-order valence-corrected chi connectivity index (χ4v) is 2.11. The van der Waals surface area contributed by atoms with Crippen molar-refractivity contribution in [2.45, 2.75) is 12.7 Å². The normalized spacial score (nSPS) is 15.8. The number of anilines is 2. The number of nitrogens with two attached hydrogens (primary N) is 2. The molecule has 1 saturated heterocycles. The zero-order valence-corrected chi connectivity index (χ0v) is 12.9. The topological polar surface area (TPSA) is 137 Å². The first-order valence-corrected chi connectivity index (χ1v) is 7.12. The molecule has 25 heavy (non-hydrogen) atoms. The molecule has 1 aromatic rings. The van der Waals surface area contributed by atoms with E-state index in [1.54, 1.807) is 0 Å². The highest BCUT2D eigenvalue weighted by atomic mass is 19.3. The van der Waals surface area contributed by atoms with E-state index in [4.69, 9.17) is 16.2 Å². The van der Waals surface area contributed by atoms with Crippen LogP contribution >= 0.6 is 0 Å². The summed E-state index contributed by atoms with van der Waals surface area (Å²) in [6.07, 6.45) is 0. The predicted octanol–water partition coefficient (Wildman–Crippen LogP) is -0.598. The summed E-state index contributed by atoms with van der Waals surface area (Å²) in [4.78, 5) is 35.9. The summed E-state index contributed by atoms with van der Waals surface area (Å²) in [7, 11) is 0. The van der Waals surface area contributed by atoms with Crippen molar-refractivity contribution in [1.82, 2.24) is 0 Å². The molecule has 0 spiro atoms. The third-order valence-electron chi connectivity index (χ3n) is 3.33. The number of nitrogens with zero attached hydrogens (tertiary/aromatic N) is 1. The second kappa shape index (κ2) is 7.85. The molecule has 9 nitrogen and oxygen atoms in total. The molecule has 0 bridgehead atoms. The van der Waals surface area contributed by atoms with Crippen molar-refractivity contribution in [3.63, 3.8) is 0 Å². The van der Waals surface area contributed by atoms with Crippen LogP contribution < -0.4 is 26.4 Å². The molecular formula is C14H16F2N4O5. The first-order valence-electron chi connectivity index (χ1n) is 7.12. The number of halogens is 2. The van der Waals surface area contributed by atoms with Gasteiger partial charge in [-0.1, -0.05) is 0 Å². The molecule has 0 aliphatic carbocycles. The molecule has 2 rings (SSSR count). The predicted molar refractivity (Wildman–Crippen MR) is 82.0 cm³/mol. The van der Waals surface area contributed by atoms with Crippen molar-refractivity contribution >= 4 is 29.1 Å². The number of ether oxygens (including phenoxy) is 2. The van der Waals surface area contributed by atoms with Crippen LogP contribution in [0.25, 0.3) is 0 Å². The largest absolute Gasteiger partial charge is 0.433 e. The first-order chi connectivity index (χ1) is 11.8. The Bertz CT molecular complexity index is 685. The van der Waals surface area contributed by atoms with E-state index in [-0.39, 0.29) is 24.7 Å². The van der Waals surface area contributed by atoms with Gasteiger partial charge < -0.3 is 31.2 Å². The summed E-state index contributed by atoms with van der Waals surface area (Å²) in [6.45, 7) is -2.76. The number of alkyl halides is 2. The molecule has 1 fully saturated rings. The van der Waals surface area contributed by atoms with E-state index in [1.807, 2.05) is 0 Å². The number of morpholine rings is 1. The number of amides is 3. The minimum absolute atomic E-state index is 0.128. The van der Waals surface area contributed by atoms with Crippen molar-refractivity contribution in [2.24, 2.45) is 11.5 Å². The Hall–Kier alpha value is -2.79. The molecule has 1 atom stereocenters. The molecule has 1 aliphatic rings. The van der Waals surface area contributed by atoms with Crippen LogP contribution in [0.5, 0.6) is 5.75 Å². The van der Waals surface area contributed by atoms with E-state index in [1.165, 1.54) is 23.1 Å². The van der Waals surface area contributed by atoms with E-state index in [2.05, 4.69) is 10.1 Å². The number of nitrogens with one attached hydrogen (secondary N) is 1. The lowest BCUT2D eigenvalue weighted by Crippen LogP contribution is -2.46. The quantitative estimate of drug-likeness (QED) is 0.581. The van der Waals surface area contributed by atoms with Gasteiger partial charge in [0.25, 0.3) is 11.8 Å². The van der Waals surface area contributed by atoms with E-state index >= 15 is 0 Å². The van der Waals surface area contributed by atoms with Crippen LogP contribution in [0.2, 0.25) is 0 Å². The minimum atomic E-state index is -3.17. The second-order valence-electron chi connectivity index (χ2n) is 5.03. The zero-order valence-electron chi connectivity index (χ0n) is 12.9. The highest BCUT2D eigenvalue weighted by Crippen LogP contribution is 2.32. The van der Waals surface area contributed by atoms with Gasteiger partial charge in [-0.3, -0.25) is 14.4 Å². The Morgan fingerprint density at radius 2 is 2.08 bits per heavy atom. The van der Waals surface area contributed by atoms with Crippen LogP contribution in [0.4, 0.5) is 20.2 Å². The molecule has 1 aliphatic heterocycles. The highest BCUT2D eigenvalue weighted by molar-refractivity contribution is 6.10. The molecule has 5 N–H and O–H groups in total. The number of hydrogen-bond donors (Lipinski definition) is 3. The maximum Gasteiger partial charge on any atom is 0.387 e. The van der Waals surface area contributed by atoms with Gasteiger partial charge in [0.1, 0.15) is 6.61 Å². The molecule has 1 heterocycles. The first kappa shape index (κ1) is 18.5. The minimum Gasteiger partial charge on any atom is -0.433 e. The fourth-order valence-electron chi connectivity index (χ4n) is 2.11. The Balaban J connectivity index is 2.28. The van der Waals surface area contributed by atoms with Crippen LogP contribution in [-0.2, 0) is 19.1 Å². The Labute approximate surface area is 140 Å². The molecule has 136 valence electrons. The summed E-state index contributed by atoms with van der Waals surface area (Å²) in [5, 5.41) is 2.19. The molecule has 1 aromatic carbocycles. The van der Waals surface area contributed by atoms with Crippen LogP contribution in [-0.4, -0.2) is 50.1 Å². The van der Waals surface area contributed by atoms with Gasteiger partial charge in [-0.2, -0.15) is 8.78 Å². The number of benzene rings is 1. The second-order valence-corrected chi connectivity index (χ2v) is 5.03. The van der Waals surface area contributed by atoms with Crippen molar-refractivity contribution in [3.05, 3.63) is 18.2 Å². The van der Waals surface area contributed by atoms with Gasteiger partial charge in [0.15, 0.2) is 11.8 Å². The number of rotatable bonds is 6. The van der Waals surface area contributed by atoms with E-state index in [0.717, 1.165) is 0 Å². The summed E-state index contributed by atoms with van der Waals surface area (Å²) in [6, 6.07) is 2.19. The van der Waals surface area contributed by atoms with Crippen molar-refractivity contribution < 1.29 is 32.6 Å². The third kappa shape index (κ3) is 4.61. The van der Waals surface area contributed by atoms with Crippen LogP contribution in [0.1, 0.15) is 0 Å². The Morgan fingerprint density at radius 1 is 1.36 bits per heavy atom. The SMILES string of the molecule is NC(=O)[C@@H](N)C(=O)Nc1ccc(N2CCOCC2=O)cc1OC(F)F. The van der Waals surface area contributed by atoms with Crippen LogP contribution in [0.15, 0.2) is 18.2 Å². The van der Waals surface area contributed by atoms with Crippen LogP contribution in [0, 0.1) is 0 Å². The van der Waals surface area contributed by atoms with E-state index in [9.17, 15) is 23.2 Å². The van der Waals surface area contributed by atoms with Gasteiger partial charge in [-0.25, -0.2) is 0 Å². The van der Waals surface area contributed by atoms with Gasteiger partial charge >= 0.3 is 6.61 Å². The standard InChI is InChI=1S/C14H16F2N4O5/c15-14(16)25-9-5-7(20-3-4-24-6-10(20)21)1-2-8(9)19-13(23)11(17)12(18)22/h1-2,5,11,14H,3-4,6,17H2,(H2,18,22)(H,19,23)/t11-/m1/s1. The van der Waals surface area contributed by atoms with Gasteiger partial charge in [0, 0.05) is 18.3 Å². The Morgan fingerprint density at radius 3 is 2.68 bits per heavy atom. The van der Waals surface area contributed by atoms with Crippen LogP contribution in [0.3, 0.4) is 0 Å². The Kier molecular flexibility index (Phi) is 5.83. The average molecular weight is 358 g/mol. The molecular weight excluding hydrogens is 342 g/mol. The van der Waals surface area contributed by atoms with Gasteiger partial charge in [0.2, 0.25) is 5.91 Å². The van der Waals surface area contributed by atoms with Gasteiger partial charge in [-0.05, 0) is 12.1 Å².